The van der Waals surface area contributed by atoms with Crippen LogP contribution in [-0.4, -0.2) is 17.3 Å². The zero-order valence-electron chi connectivity index (χ0n) is 5.35. The Morgan fingerprint density at radius 1 is 1.75 bits per heavy atom. The highest BCUT2D eigenvalue weighted by atomic mass is 32.2. The Balaban J connectivity index is 2.42. The van der Waals surface area contributed by atoms with Gasteiger partial charge in [-0.25, -0.2) is 0 Å². The summed E-state index contributed by atoms with van der Waals surface area (Å²) in [6.45, 7) is 5.36. The van der Waals surface area contributed by atoms with Crippen LogP contribution in [0, 0.1) is 5.92 Å². The lowest BCUT2D eigenvalue weighted by molar-refractivity contribution is 0.673. The number of rotatable bonds is 0. The van der Waals surface area contributed by atoms with Gasteiger partial charge in [0.25, 0.3) is 0 Å². The minimum absolute atomic E-state index is 0.795. The van der Waals surface area contributed by atoms with E-state index in [9.17, 15) is 0 Å². The van der Waals surface area contributed by atoms with Gasteiger partial charge in [-0.3, -0.25) is 4.99 Å². The molecule has 1 nitrogen and oxygen atoms in total. The van der Waals surface area contributed by atoms with Crippen molar-refractivity contribution in [3.8, 4) is 0 Å². The van der Waals surface area contributed by atoms with Crippen molar-refractivity contribution in [2.45, 2.75) is 13.8 Å². The summed E-state index contributed by atoms with van der Waals surface area (Å²) in [5.41, 5.74) is 0. The highest BCUT2D eigenvalue weighted by Crippen LogP contribution is 2.15. The molecular formula is C6H11NS. The molecule has 1 unspecified atom stereocenters. The zero-order valence-corrected chi connectivity index (χ0v) is 6.16. The van der Waals surface area contributed by atoms with Crippen molar-refractivity contribution >= 4 is 16.8 Å². The van der Waals surface area contributed by atoms with Gasteiger partial charge < -0.3 is 0 Å². The second kappa shape index (κ2) is 2.53. The summed E-state index contributed by atoms with van der Waals surface area (Å²) in [4.78, 5) is 4.29. The minimum Gasteiger partial charge on any atom is -0.283 e. The summed E-state index contributed by atoms with van der Waals surface area (Å²) in [6.07, 6.45) is 0. The molecule has 0 aromatic rings. The van der Waals surface area contributed by atoms with Crippen LogP contribution in [0.2, 0.25) is 0 Å². The number of aliphatic imine (C=N–C) groups is 1. The molecule has 0 radical (unpaired) electrons. The van der Waals surface area contributed by atoms with E-state index in [1.165, 1.54) is 10.8 Å². The molecule has 0 bridgehead atoms. The first-order valence-corrected chi connectivity index (χ1v) is 3.91. The molecule has 1 rings (SSSR count). The van der Waals surface area contributed by atoms with E-state index in [1.807, 2.05) is 11.8 Å². The summed E-state index contributed by atoms with van der Waals surface area (Å²) >= 11 is 1.88. The van der Waals surface area contributed by atoms with E-state index in [-0.39, 0.29) is 0 Å². The molecule has 2 heteroatoms. The van der Waals surface area contributed by atoms with Crippen LogP contribution in [0.4, 0.5) is 0 Å². The maximum atomic E-state index is 4.29. The summed E-state index contributed by atoms with van der Waals surface area (Å²) in [5.74, 6) is 2.05. The fraction of sp³-hybridized carbons (Fsp3) is 0.833. The van der Waals surface area contributed by atoms with Crippen LogP contribution in [-0.2, 0) is 0 Å². The van der Waals surface area contributed by atoms with E-state index in [0.717, 1.165) is 12.5 Å². The van der Waals surface area contributed by atoms with Crippen LogP contribution < -0.4 is 0 Å². The van der Waals surface area contributed by atoms with Gasteiger partial charge >= 0.3 is 0 Å². The molecule has 1 heterocycles. The van der Waals surface area contributed by atoms with Crippen molar-refractivity contribution in [2.24, 2.45) is 10.9 Å². The Morgan fingerprint density at radius 2 is 2.50 bits per heavy atom. The molecule has 0 aromatic carbocycles. The maximum absolute atomic E-state index is 4.29. The molecule has 0 saturated carbocycles. The molecule has 1 aliphatic heterocycles. The first kappa shape index (κ1) is 6.14. The second-order valence-corrected chi connectivity index (χ2v) is 3.49. The molecule has 0 saturated heterocycles. The summed E-state index contributed by atoms with van der Waals surface area (Å²) in [7, 11) is 0. The predicted molar refractivity (Wildman–Crippen MR) is 39.6 cm³/mol. The molecule has 0 aliphatic carbocycles. The smallest absolute Gasteiger partial charge is 0.0645 e. The zero-order chi connectivity index (χ0) is 5.98. The lowest BCUT2D eigenvalue weighted by atomic mass is 10.2. The minimum atomic E-state index is 0.795. The van der Waals surface area contributed by atoms with Gasteiger partial charge in [-0.2, -0.15) is 0 Å². The van der Waals surface area contributed by atoms with Gasteiger partial charge in [0.15, 0.2) is 0 Å². The Hall–Kier alpha value is 0.0200. The molecule has 0 fully saturated rings. The number of hydrogen-bond acceptors (Lipinski definition) is 2. The number of nitrogens with zero attached hydrogens (tertiary/aromatic N) is 1. The van der Waals surface area contributed by atoms with Crippen molar-refractivity contribution in [1.82, 2.24) is 0 Å². The summed E-state index contributed by atoms with van der Waals surface area (Å²) in [5, 5.41) is 1.25. The third-order valence-electron chi connectivity index (χ3n) is 1.20. The normalized spacial score (nSPS) is 29.8. The fourth-order valence-electron chi connectivity index (χ4n) is 0.646. The third-order valence-corrected chi connectivity index (χ3v) is 2.48. The number of thioether (sulfide) groups is 1. The van der Waals surface area contributed by atoms with E-state index in [0.29, 0.717) is 0 Å². The Bertz CT molecular complexity index is 109. The van der Waals surface area contributed by atoms with Crippen LogP contribution in [0.25, 0.3) is 0 Å². The van der Waals surface area contributed by atoms with E-state index in [2.05, 4.69) is 18.8 Å². The van der Waals surface area contributed by atoms with E-state index < -0.39 is 0 Å². The largest absolute Gasteiger partial charge is 0.283 e. The molecule has 8 heavy (non-hydrogen) atoms. The topological polar surface area (TPSA) is 12.4 Å². The molecular weight excluding hydrogens is 118 g/mol. The van der Waals surface area contributed by atoms with Crippen LogP contribution in [0.5, 0.6) is 0 Å². The molecule has 0 N–H and O–H groups in total. The fourth-order valence-corrected chi connectivity index (χ4v) is 1.44. The van der Waals surface area contributed by atoms with Crippen LogP contribution in [0.15, 0.2) is 4.99 Å². The monoisotopic (exact) mass is 129 g/mol. The maximum Gasteiger partial charge on any atom is 0.0645 e. The van der Waals surface area contributed by atoms with Crippen LogP contribution in [0.3, 0.4) is 0 Å². The third kappa shape index (κ3) is 1.51. The van der Waals surface area contributed by atoms with Crippen LogP contribution in [0.1, 0.15) is 13.8 Å². The Kier molecular flexibility index (Phi) is 1.95. The average Bonchev–Trinajstić information content (AvgIpc) is 1.77. The summed E-state index contributed by atoms with van der Waals surface area (Å²) < 4.78 is 0. The lowest BCUT2D eigenvalue weighted by Gasteiger charge is -2.13. The van der Waals surface area contributed by atoms with Crippen LogP contribution >= 0.6 is 11.8 Å². The van der Waals surface area contributed by atoms with Crippen molar-refractivity contribution in [1.29, 1.82) is 0 Å². The molecule has 46 valence electrons. The standard InChI is InChI=1S/C6H11NS/c1-5-3-7-6(2)8-4-5/h5H,3-4H2,1-2H3. The van der Waals surface area contributed by atoms with Gasteiger partial charge in [-0.15, -0.1) is 11.8 Å². The predicted octanol–water partition coefficient (Wildman–Crippen LogP) is 1.79. The van der Waals surface area contributed by atoms with Gasteiger partial charge in [-0.05, 0) is 12.8 Å². The lowest BCUT2D eigenvalue weighted by Crippen LogP contribution is -2.10. The molecule has 0 aromatic heterocycles. The number of hydrogen-bond donors (Lipinski definition) is 0. The molecule has 1 atom stereocenters. The van der Waals surface area contributed by atoms with Gasteiger partial charge in [-0.1, -0.05) is 6.92 Å². The SMILES string of the molecule is CC1=NCC(C)CS1. The molecule has 1 aliphatic rings. The van der Waals surface area contributed by atoms with Crippen molar-refractivity contribution < 1.29 is 0 Å². The van der Waals surface area contributed by atoms with E-state index >= 15 is 0 Å². The molecule has 0 amide bonds. The quantitative estimate of drug-likeness (QED) is 0.485. The first-order chi connectivity index (χ1) is 3.79. The second-order valence-electron chi connectivity index (χ2n) is 2.28. The van der Waals surface area contributed by atoms with Gasteiger partial charge in [0, 0.05) is 12.3 Å². The average molecular weight is 129 g/mol. The van der Waals surface area contributed by atoms with Gasteiger partial charge in [0.2, 0.25) is 0 Å². The van der Waals surface area contributed by atoms with Crippen molar-refractivity contribution in [3.63, 3.8) is 0 Å². The summed E-state index contributed by atoms with van der Waals surface area (Å²) in [6, 6.07) is 0. The Morgan fingerprint density at radius 3 is 2.88 bits per heavy atom. The van der Waals surface area contributed by atoms with E-state index in [1.54, 1.807) is 0 Å². The molecule has 0 spiro atoms. The van der Waals surface area contributed by atoms with Gasteiger partial charge in [0.1, 0.15) is 0 Å². The highest BCUT2D eigenvalue weighted by molar-refractivity contribution is 8.13. The van der Waals surface area contributed by atoms with Gasteiger partial charge in [0.05, 0.1) is 5.04 Å². The first-order valence-electron chi connectivity index (χ1n) is 2.93. The van der Waals surface area contributed by atoms with Crippen molar-refractivity contribution in [2.75, 3.05) is 12.3 Å². The Labute approximate surface area is 54.6 Å². The highest BCUT2D eigenvalue weighted by Gasteiger charge is 2.07. The van der Waals surface area contributed by atoms with Crippen molar-refractivity contribution in [3.05, 3.63) is 0 Å². The van der Waals surface area contributed by atoms with E-state index in [4.69, 9.17) is 0 Å².